The van der Waals surface area contributed by atoms with Gasteiger partial charge in [-0.3, -0.25) is 14.5 Å². The number of carbonyl (C=O) groups is 1. The van der Waals surface area contributed by atoms with E-state index >= 15 is 0 Å². The van der Waals surface area contributed by atoms with Crippen LogP contribution >= 0.6 is 22.6 Å². The van der Waals surface area contributed by atoms with Crippen molar-refractivity contribution in [3.63, 3.8) is 0 Å². The van der Waals surface area contributed by atoms with Gasteiger partial charge in [-0.2, -0.15) is 0 Å². The quantitative estimate of drug-likeness (QED) is 0.334. The number of nitrogens with zero attached hydrogens (tertiary/aromatic N) is 1. The number of sulfonamides is 1. The Labute approximate surface area is 120 Å². The summed E-state index contributed by atoms with van der Waals surface area (Å²) in [4.78, 5) is 11.3. The Morgan fingerprint density at radius 2 is 2.06 bits per heavy atom. The second-order valence-corrected chi connectivity index (χ2v) is 6.77. The number of anilines is 1. The van der Waals surface area contributed by atoms with Crippen molar-refractivity contribution in [1.29, 1.82) is 0 Å². The molecule has 0 fully saturated rings. The predicted octanol–water partition coefficient (Wildman–Crippen LogP) is 0.437. The van der Waals surface area contributed by atoms with Crippen LogP contribution in [0.25, 0.3) is 0 Å². The molecule has 0 aromatic heterocycles. The molecule has 0 heterocycles. The normalized spacial score (nSPS) is 11.1. The van der Waals surface area contributed by atoms with Crippen molar-refractivity contribution in [2.24, 2.45) is 5.84 Å². The molecular formula is C10H14IN3O3S. The Balaban J connectivity index is 3.22. The van der Waals surface area contributed by atoms with Crippen LogP contribution in [0.5, 0.6) is 0 Å². The van der Waals surface area contributed by atoms with Gasteiger partial charge in [0.25, 0.3) is 5.91 Å². The molecule has 0 aliphatic carbocycles. The van der Waals surface area contributed by atoms with Crippen LogP contribution in [-0.2, 0) is 14.8 Å². The van der Waals surface area contributed by atoms with Crippen LogP contribution in [0.1, 0.15) is 6.92 Å². The lowest BCUT2D eigenvalue weighted by atomic mass is 10.3. The highest BCUT2D eigenvalue weighted by molar-refractivity contribution is 14.1. The van der Waals surface area contributed by atoms with Crippen molar-refractivity contribution in [2.45, 2.75) is 6.92 Å². The van der Waals surface area contributed by atoms with Gasteiger partial charge in [-0.05, 0) is 41.6 Å². The molecule has 0 bridgehead atoms. The number of halogens is 1. The van der Waals surface area contributed by atoms with Gasteiger partial charge in [-0.1, -0.05) is 12.1 Å². The third kappa shape index (κ3) is 3.56. The lowest BCUT2D eigenvalue weighted by molar-refractivity contribution is -0.119. The van der Waals surface area contributed by atoms with Crippen LogP contribution in [0.2, 0.25) is 0 Å². The highest BCUT2D eigenvalue weighted by Crippen LogP contribution is 2.24. The maximum Gasteiger partial charge on any atom is 0.254 e. The zero-order valence-corrected chi connectivity index (χ0v) is 12.7. The highest BCUT2D eigenvalue weighted by Gasteiger charge is 2.24. The van der Waals surface area contributed by atoms with E-state index in [1.165, 1.54) is 6.92 Å². The first kappa shape index (κ1) is 15.2. The molecule has 3 N–H and O–H groups in total. The standard InChI is InChI=1S/C10H14IN3O3S/c1-2-18(16,17)14(7-10(15)13-12)9-6-4-3-5-8(9)11/h3-6H,2,7,12H2,1H3,(H,13,15). The van der Waals surface area contributed by atoms with Gasteiger partial charge >= 0.3 is 0 Å². The first-order chi connectivity index (χ1) is 8.42. The second kappa shape index (κ2) is 6.34. The van der Waals surface area contributed by atoms with E-state index in [2.05, 4.69) is 0 Å². The fourth-order valence-electron chi connectivity index (χ4n) is 1.32. The van der Waals surface area contributed by atoms with Gasteiger partial charge in [-0.25, -0.2) is 14.3 Å². The molecule has 0 aliphatic heterocycles. The fraction of sp³-hybridized carbons (Fsp3) is 0.300. The number of carbonyl (C=O) groups excluding carboxylic acids is 1. The molecule has 1 rings (SSSR count). The van der Waals surface area contributed by atoms with Crippen molar-refractivity contribution < 1.29 is 13.2 Å². The zero-order valence-electron chi connectivity index (χ0n) is 9.76. The first-order valence-electron chi connectivity index (χ1n) is 5.16. The summed E-state index contributed by atoms with van der Waals surface area (Å²) >= 11 is 2.02. The van der Waals surface area contributed by atoms with E-state index in [1.54, 1.807) is 24.3 Å². The van der Waals surface area contributed by atoms with E-state index < -0.39 is 15.9 Å². The van der Waals surface area contributed by atoms with E-state index in [0.717, 1.165) is 7.88 Å². The molecule has 0 radical (unpaired) electrons. The number of hydrazine groups is 1. The molecule has 1 aromatic carbocycles. The molecule has 100 valence electrons. The van der Waals surface area contributed by atoms with Gasteiger partial charge in [0, 0.05) is 3.57 Å². The van der Waals surface area contributed by atoms with Crippen LogP contribution in [0.3, 0.4) is 0 Å². The lowest BCUT2D eigenvalue weighted by Gasteiger charge is -2.23. The monoisotopic (exact) mass is 383 g/mol. The van der Waals surface area contributed by atoms with Crippen molar-refractivity contribution in [3.8, 4) is 0 Å². The number of para-hydroxylation sites is 1. The van der Waals surface area contributed by atoms with Gasteiger partial charge < -0.3 is 0 Å². The number of nitrogens with one attached hydrogen (secondary N) is 1. The van der Waals surface area contributed by atoms with E-state index in [0.29, 0.717) is 5.69 Å². The van der Waals surface area contributed by atoms with E-state index in [9.17, 15) is 13.2 Å². The van der Waals surface area contributed by atoms with Gasteiger partial charge in [-0.15, -0.1) is 0 Å². The Bertz CT molecular complexity index is 533. The third-order valence-electron chi connectivity index (χ3n) is 2.27. The zero-order chi connectivity index (χ0) is 13.8. The lowest BCUT2D eigenvalue weighted by Crippen LogP contribution is -2.44. The van der Waals surface area contributed by atoms with E-state index in [-0.39, 0.29) is 12.3 Å². The van der Waals surface area contributed by atoms with Gasteiger partial charge in [0.1, 0.15) is 6.54 Å². The molecule has 0 atom stereocenters. The average Bonchev–Trinajstić information content (AvgIpc) is 2.36. The molecule has 0 unspecified atom stereocenters. The van der Waals surface area contributed by atoms with Crippen LogP contribution < -0.4 is 15.6 Å². The van der Waals surface area contributed by atoms with Crippen molar-refractivity contribution in [2.75, 3.05) is 16.6 Å². The molecule has 0 saturated heterocycles. The first-order valence-corrected chi connectivity index (χ1v) is 7.85. The summed E-state index contributed by atoms with van der Waals surface area (Å²) in [6, 6.07) is 6.94. The average molecular weight is 383 g/mol. The molecule has 0 saturated carbocycles. The Hall–Kier alpha value is -0.870. The molecule has 8 heteroatoms. The molecule has 0 aliphatic rings. The number of rotatable bonds is 5. The van der Waals surface area contributed by atoms with Crippen LogP contribution in [0, 0.1) is 3.57 Å². The third-order valence-corrected chi connectivity index (χ3v) is 4.91. The summed E-state index contributed by atoms with van der Waals surface area (Å²) in [5, 5.41) is 0. The van der Waals surface area contributed by atoms with Crippen LogP contribution in [-0.4, -0.2) is 26.6 Å². The minimum atomic E-state index is -3.53. The maximum atomic E-state index is 12.0. The Morgan fingerprint density at radius 3 is 2.56 bits per heavy atom. The minimum absolute atomic E-state index is 0.0875. The summed E-state index contributed by atoms with van der Waals surface area (Å²) in [5.74, 6) is 4.35. The van der Waals surface area contributed by atoms with Gasteiger partial charge in [0.15, 0.2) is 0 Å². The summed E-state index contributed by atoms with van der Waals surface area (Å²) < 4.78 is 25.8. The van der Waals surface area contributed by atoms with E-state index in [1.807, 2.05) is 28.0 Å². The van der Waals surface area contributed by atoms with Crippen molar-refractivity contribution >= 4 is 44.2 Å². The molecular weight excluding hydrogens is 369 g/mol. The molecule has 6 nitrogen and oxygen atoms in total. The fourth-order valence-corrected chi connectivity index (χ4v) is 3.25. The second-order valence-electron chi connectivity index (χ2n) is 3.43. The number of nitrogens with two attached hydrogens (primary N) is 1. The Morgan fingerprint density at radius 1 is 1.44 bits per heavy atom. The van der Waals surface area contributed by atoms with E-state index in [4.69, 9.17) is 5.84 Å². The number of amides is 1. The number of hydrogen-bond acceptors (Lipinski definition) is 4. The van der Waals surface area contributed by atoms with Gasteiger partial charge in [0.2, 0.25) is 10.0 Å². The smallest absolute Gasteiger partial charge is 0.254 e. The largest absolute Gasteiger partial charge is 0.293 e. The topological polar surface area (TPSA) is 92.5 Å². The summed E-state index contributed by atoms with van der Waals surface area (Å²) in [5.41, 5.74) is 2.41. The Kier molecular flexibility index (Phi) is 5.35. The minimum Gasteiger partial charge on any atom is -0.293 e. The highest BCUT2D eigenvalue weighted by atomic mass is 127. The maximum absolute atomic E-state index is 12.0. The molecule has 18 heavy (non-hydrogen) atoms. The van der Waals surface area contributed by atoms with Crippen molar-refractivity contribution in [3.05, 3.63) is 27.8 Å². The molecule has 0 spiro atoms. The van der Waals surface area contributed by atoms with Gasteiger partial charge in [0.05, 0.1) is 11.4 Å². The van der Waals surface area contributed by atoms with Crippen LogP contribution in [0.15, 0.2) is 24.3 Å². The summed E-state index contributed by atoms with van der Waals surface area (Å²) in [6.07, 6.45) is 0. The van der Waals surface area contributed by atoms with Crippen molar-refractivity contribution in [1.82, 2.24) is 5.43 Å². The number of benzene rings is 1. The summed E-state index contributed by atoms with van der Waals surface area (Å²) in [7, 11) is -3.53. The molecule has 1 amide bonds. The summed E-state index contributed by atoms with van der Waals surface area (Å²) in [6.45, 7) is 1.20. The molecule has 1 aromatic rings. The SMILES string of the molecule is CCS(=O)(=O)N(CC(=O)NN)c1ccccc1I. The van der Waals surface area contributed by atoms with Crippen LogP contribution in [0.4, 0.5) is 5.69 Å². The number of hydrogen-bond donors (Lipinski definition) is 2. The predicted molar refractivity (Wildman–Crippen MR) is 78.3 cm³/mol.